The molecule has 0 radical (unpaired) electrons. The average Bonchev–Trinajstić information content (AvgIpc) is 3.09. The van der Waals surface area contributed by atoms with Crippen LogP contribution in [0.3, 0.4) is 0 Å². The van der Waals surface area contributed by atoms with Gasteiger partial charge in [-0.2, -0.15) is 5.26 Å². The van der Waals surface area contributed by atoms with E-state index in [9.17, 15) is 4.79 Å². The first-order valence-corrected chi connectivity index (χ1v) is 8.85. The molecule has 1 atom stereocenters. The maximum Gasteiger partial charge on any atom is 0.220 e. The summed E-state index contributed by atoms with van der Waals surface area (Å²) in [5.74, 6) is 0.123. The normalized spacial score (nSPS) is 22.2. The summed E-state index contributed by atoms with van der Waals surface area (Å²) in [4.78, 5) is 14.7. The fraction of sp³-hybridized carbons (Fsp3) is 0.579. The van der Waals surface area contributed by atoms with E-state index in [0.717, 1.165) is 51.1 Å². The second kappa shape index (κ2) is 8.27. The second-order valence-electron chi connectivity index (χ2n) is 6.70. The van der Waals surface area contributed by atoms with Crippen molar-refractivity contribution in [2.75, 3.05) is 26.3 Å². The van der Waals surface area contributed by atoms with Gasteiger partial charge < -0.3 is 10.1 Å². The third-order valence-corrected chi connectivity index (χ3v) is 5.02. The van der Waals surface area contributed by atoms with Gasteiger partial charge in [0.15, 0.2) is 0 Å². The SMILES string of the molecule is N#Cc1ccc(CCC(=O)NC2CCN(C3CCOCC3)C2)cc1. The first kappa shape index (κ1) is 16.9. The van der Waals surface area contributed by atoms with Gasteiger partial charge in [0, 0.05) is 44.8 Å². The summed E-state index contributed by atoms with van der Waals surface area (Å²) >= 11 is 0. The number of hydrogen-bond acceptors (Lipinski definition) is 4. The fourth-order valence-electron chi connectivity index (χ4n) is 3.59. The molecule has 1 aromatic carbocycles. The summed E-state index contributed by atoms with van der Waals surface area (Å²) in [7, 11) is 0. The minimum Gasteiger partial charge on any atom is -0.381 e. The van der Waals surface area contributed by atoms with Crippen LogP contribution < -0.4 is 5.32 Å². The Morgan fingerprint density at radius 3 is 2.71 bits per heavy atom. The third kappa shape index (κ3) is 4.56. The van der Waals surface area contributed by atoms with Crippen molar-refractivity contribution >= 4 is 5.91 Å². The topological polar surface area (TPSA) is 65.4 Å². The van der Waals surface area contributed by atoms with Crippen LogP contribution in [0.15, 0.2) is 24.3 Å². The Balaban J connectivity index is 1.39. The average molecular weight is 327 g/mol. The summed E-state index contributed by atoms with van der Waals surface area (Å²) < 4.78 is 5.42. The zero-order chi connectivity index (χ0) is 16.8. The molecule has 0 aliphatic carbocycles. The molecule has 0 aromatic heterocycles. The van der Waals surface area contributed by atoms with Crippen LogP contribution in [0.2, 0.25) is 0 Å². The summed E-state index contributed by atoms with van der Waals surface area (Å²) in [5, 5.41) is 12.0. The van der Waals surface area contributed by atoms with E-state index in [1.807, 2.05) is 12.1 Å². The molecule has 24 heavy (non-hydrogen) atoms. The van der Waals surface area contributed by atoms with E-state index >= 15 is 0 Å². The van der Waals surface area contributed by atoms with Gasteiger partial charge in [-0.05, 0) is 43.4 Å². The van der Waals surface area contributed by atoms with Crippen LogP contribution in [0.25, 0.3) is 0 Å². The van der Waals surface area contributed by atoms with Gasteiger partial charge in [-0.1, -0.05) is 12.1 Å². The maximum atomic E-state index is 12.2. The lowest BCUT2D eigenvalue weighted by molar-refractivity contribution is -0.121. The minimum atomic E-state index is 0.123. The number of carbonyl (C=O) groups excluding carboxylic acids is 1. The highest BCUT2D eigenvalue weighted by Gasteiger charge is 2.29. The lowest BCUT2D eigenvalue weighted by Crippen LogP contribution is -2.41. The number of amides is 1. The Bertz CT molecular complexity index is 588. The van der Waals surface area contributed by atoms with Crippen molar-refractivity contribution in [3.8, 4) is 6.07 Å². The van der Waals surface area contributed by atoms with Gasteiger partial charge in [0.2, 0.25) is 5.91 Å². The van der Waals surface area contributed by atoms with Crippen LogP contribution in [0.4, 0.5) is 0 Å². The molecular formula is C19H25N3O2. The first-order chi connectivity index (χ1) is 11.7. The Hall–Kier alpha value is -1.90. The number of aryl methyl sites for hydroxylation is 1. The number of carbonyl (C=O) groups is 1. The molecule has 2 heterocycles. The number of hydrogen-bond donors (Lipinski definition) is 1. The minimum absolute atomic E-state index is 0.123. The van der Waals surface area contributed by atoms with Crippen LogP contribution in [-0.2, 0) is 16.0 Å². The summed E-state index contributed by atoms with van der Waals surface area (Å²) in [6.45, 7) is 3.77. The molecule has 2 saturated heterocycles. The highest BCUT2D eigenvalue weighted by Crippen LogP contribution is 2.20. The lowest BCUT2D eigenvalue weighted by Gasteiger charge is -2.31. The molecule has 1 N–H and O–H groups in total. The standard InChI is InChI=1S/C19H25N3O2/c20-13-16-3-1-15(2-4-16)5-6-19(23)21-17-7-10-22(14-17)18-8-11-24-12-9-18/h1-4,17-18H,5-12,14H2,(H,21,23). The van der Waals surface area contributed by atoms with Crippen molar-refractivity contribution in [3.05, 3.63) is 35.4 Å². The van der Waals surface area contributed by atoms with Gasteiger partial charge in [-0.25, -0.2) is 0 Å². The van der Waals surface area contributed by atoms with E-state index in [-0.39, 0.29) is 11.9 Å². The number of likely N-dealkylation sites (tertiary alicyclic amines) is 1. The van der Waals surface area contributed by atoms with Crippen LogP contribution in [0.5, 0.6) is 0 Å². The number of rotatable bonds is 5. The van der Waals surface area contributed by atoms with E-state index in [0.29, 0.717) is 24.4 Å². The Morgan fingerprint density at radius 1 is 1.25 bits per heavy atom. The van der Waals surface area contributed by atoms with Crippen LogP contribution >= 0.6 is 0 Å². The molecular weight excluding hydrogens is 302 g/mol. The third-order valence-electron chi connectivity index (χ3n) is 5.02. The van der Waals surface area contributed by atoms with Crippen LogP contribution in [-0.4, -0.2) is 49.2 Å². The summed E-state index contributed by atoms with van der Waals surface area (Å²) in [6.07, 6.45) is 4.48. The zero-order valence-electron chi connectivity index (χ0n) is 14.0. The Labute approximate surface area is 143 Å². The number of ether oxygens (including phenoxy) is 1. The van der Waals surface area contributed by atoms with Crippen molar-refractivity contribution in [1.29, 1.82) is 5.26 Å². The monoisotopic (exact) mass is 327 g/mol. The molecule has 2 aliphatic rings. The van der Waals surface area contributed by atoms with E-state index in [2.05, 4.69) is 16.3 Å². The molecule has 0 spiro atoms. The first-order valence-electron chi connectivity index (χ1n) is 8.85. The van der Waals surface area contributed by atoms with Crippen molar-refractivity contribution in [1.82, 2.24) is 10.2 Å². The van der Waals surface area contributed by atoms with Gasteiger partial charge in [0.25, 0.3) is 0 Å². The molecule has 1 unspecified atom stereocenters. The number of benzene rings is 1. The maximum absolute atomic E-state index is 12.2. The second-order valence-corrected chi connectivity index (χ2v) is 6.70. The van der Waals surface area contributed by atoms with Crippen LogP contribution in [0.1, 0.15) is 36.8 Å². The summed E-state index contributed by atoms with van der Waals surface area (Å²) in [6, 6.07) is 10.5. The van der Waals surface area contributed by atoms with Gasteiger partial charge in [-0.15, -0.1) is 0 Å². The molecule has 5 heteroatoms. The van der Waals surface area contributed by atoms with Gasteiger partial charge >= 0.3 is 0 Å². The van der Waals surface area contributed by atoms with E-state index in [1.165, 1.54) is 0 Å². The molecule has 128 valence electrons. The molecule has 2 fully saturated rings. The largest absolute Gasteiger partial charge is 0.381 e. The quantitative estimate of drug-likeness (QED) is 0.896. The van der Waals surface area contributed by atoms with Crippen LogP contribution in [0, 0.1) is 11.3 Å². The molecule has 0 saturated carbocycles. The predicted octanol–water partition coefficient (Wildman–Crippen LogP) is 1.86. The predicted molar refractivity (Wildman–Crippen MR) is 91.4 cm³/mol. The molecule has 0 bridgehead atoms. The Morgan fingerprint density at radius 2 is 2.00 bits per heavy atom. The summed E-state index contributed by atoms with van der Waals surface area (Å²) in [5.41, 5.74) is 1.75. The van der Waals surface area contributed by atoms with Gasteiger partial charge in [0.05, 0.1) is 11.6 Å². The Kier molecular flexibility index (Phi) is 5.84. The highest BCUT2D eigenvalue weighted by molar-refractivity contribution is 5.76. The molecule has 3 rings (SSSR count). The van der Waals surface area contributed by atoms with Gasteiger partial charge in [-0.3, -0.25) is 9.69 Å². The molecule has 1 aromatic rings. The molecule has 5 nitrogen and oxygen atoms in total. The molecule has 1 amide bonds. The zero-order valence-corrected chi connectivity index (χ0v) is 14.0. The van der Waals surface area contributed by atoms with Crippen molar-refractivity contribution in [2.24, 2.45) is 0 Å². The number of nitriles is 1. The lowest BCUT2D eigenvalue weighted by atomic mass is 10.1. The smallest absolute Gasteiger partial charge is 0.220 e. The van der Waals surface area contributed by atoms with Crippen molar-refractivity contribution in [2.45, 2.75) is 44.2 Å². The van der Waals surface area contributed by atoms with E-state index < -0.39 is 0 Å². The number of nitrogens with zero attached hydrogens (tertiary/aromatic N) is 2. The van der Waals surface area contributed by atoms with E-state index in [1.54, 1.807) is 12.1 Å². The van der Waals surface area contributed by atoms with E-state index in [4.69, 9.17) is 10.00 Å². The van der Waals surface area contributed by atoms with Crippen molar-refractivity contribution in [3.63, 3.8) is 0 Å². The van der Waals surface area contributed by atoms with Crippen molar-refractivity contribution < 1.29 is 9.53 Å². The number of nitrogens with one attached hydrogen (secondary N) is 1. The fourth-order valence-corrected chi connectivity index (χ4v) is 3.59. The highest BCUT2D eigenvalue weighted by atomic mass is 16.5. The van der Waals surface area contributed by atoms with Gasteiger partial charge in [0.1, 0.15) is 0 Å². The molecule has 2 aliphatic heterocycles.